The summed E-state index contributed by atoms with van der Waals surface area (Å²) in [6.07, 6.45) is 0. The highest BCUT2D eigenvalue weighted by molar-refractivity contribution is 5.90. The maximum Gasteiger partial charge on any atom is 0.229 e. The number of rotatable bonds is 5. The molecule has 3 N–H and O–H groups in total. The Hall–Kier alpha value is -2.73. The fourth-order valence-corrected chi connectivity index (χ4v) is 2.12. The standard InChI is InChI=1S/C16H15FN4O/c17-12-6-2-4-8-14(12)20-16-19-13-7-3-1-5-11(13)15(21-16)18-9-10-22/h1-8,22H,9-10H2,(H2,18,19,20,21). The molecule has 112 valence electrons. The van der Waals surface area contributed by atoms with Crippen molar-refractivity contribution in [1.29, 1.82) is 0 Å². The first-order valence-corrected chi connectivity index (χ1v) is 6.91. The van der Waals surface area contributed by atoms with Crippen LogP contribution in [0.1, 0.15) is 0 Å². The SMILES string of the molecule is OCCNc1nc(Nc2ccccc2F)nc2ccccc12. The molecule has 0 bridgehead atoms. The second-order valence-corrected chi connectivity index (χ2v) is 4.67. The highest BCUT2D eigenvalue weighted by Crippen LogP contribution is 2.24. The van der Waals surface area contributed by atoms with Gasteiger partial charge in [0.1, 0.15) is 11.6 Å². The molecule has 0 spiro atoms. The van der Waals surface area contributed by atoms with Crippen LogP contribution in [0.5, 0.6) is 0 Å². The van der Waals surface area contributed by atoms with Crippen LogP contribution in [0.3, 0.4) is 0 Å². The molecule has 0 atom stereocenters. The van der Waals surface area contributed by atoms with E-state index in [9.17, 15) is 4.39 Å². The Kier molecular flexibility index (Phi) is 4.11. The van der Waals surface area contributed by atoms with E-state index in [0.717, 1.165) is 10.9 Å². The van der Waals surface area contributed by atoms with Crippen LogP contribution in [-0.2, 0) is 0 Å². The van der Waals surface area contributed by atoms with Crippen LogP contribution < -0.4 is 10.6 Å². The van der Waals surface area contributed by atoms with Gasteiger partial charge in [-0.05, 0) is 24.3 Å². The number of aromatic nitrogens is 2. The average molecular weight is 298 g/mol. The zero-order valence-electron chi connectivity index (χ0n) is 11.8. The molecule has 2 aromatic carbocycles. The first kappa shape index (κ1) is 14.2. The molecule has 0 radical (unpaired) electrons. The zero-order valence-corrected chi connectivity index (χ0v) is 11.8. The monoisotopic (exact) mass is 298 g/mol. The lowest BCUT2D eigenvalue weighted by molar-refractivity contribution is 0.311. The number of hydrogen-bond acceptors (Lipinski definition) is 5. The van der Waals surface area contributed by atoms with E-state index in [1.54, 1.807) is 18.2 Å². The topological polar surface area (TPSA) is 70.1 Å². The van der Waals surface area contributed by atoms with E-state index in [0.29, 0.717) is 24.0 Å². The summed E-state index contributed by atoms with van der Waals surface area (Å²) < 4.78 is 13.7. The summed E-state index contributed by atoms with van der Waals surface area (Å²) in [6.45, 7) is 0.370. The van der Waals surface area contributed by atoms with Crippen molar-refractivity contribution >= 4 is 28.4 Å². The van der Waals surface area contributed by atoms with Gasteiger partial charge in [0.25, 0.3) is 0 Å². The number of halogens is 1. The molecule has 3 rings (SSSR count). The van der Waals surface area contributed by atoms with Gasteiger partial charge in [0.2, 0.25) is 5.95 Å². The van der Waals surface area contributed by atoms with Gasteiger partial charge in [0, 0.05) is 11.9 Å². The lowest BCUT2D eigenvalue weighted by atomic mass is 10.2. The van der Waals surface area contributed by atoms with E-state index in [2.05, 4.69) is 20.6 Å². The molecule has 1 heterocycles. The van der Waals surface area contributed by atoms with Crippen molar-refractivity contribution in [3.63, 3.8) is 0 Å². The fourth-order valence-electron chi connectivity index (χ4n) is 2.12. The van der Waals surface area contributed by atoms with Crippen LogP contribution in [0.2, 0.25) is 0 Å². The summed E-state index contributed by atoms with van der Waals surface area (Å²) in [5, 5.41) is 15.7. The van der Waals surface area contributed by atoms with Gasteiger partial charge in [-0.3, -0.25) is 0 Å². The first-order valence-electron chi connectivity index (χ1n) is 6.91. The molecule has 0 saturated carbocycles. The summed E-state index contributed by atoms with van der Waals surface area (Å²) in [5.74, 6) is 0.520. The summed E-state index contributed by atoms with van der Waals surface area (Å²) in [6, 6.07) is 13.9. The van der Waals surface area contributed by atoms with E-state index in [-0.39, 0.29) is 12.4 Å². The van der Waals surface area contributed by atoms with Crippen LogP contribution in [0, 0.1) is 5.82 Å². The van der Waals surface area contributed by atoms with Gasteiger partial charge in [-0.2, -0.15) is 4.98 Å². The van der Waals surface area contributed by atoms with Gasteiger partial charge in [-0.1, -0.05) is 24.3 Å². The molecule has 22 heavy (non-hydrogen) atoms. The predicted molar refractivity (Wildman–Crippen MR) is 84.8 cm³/mol. The molecular weight excluding hydrogens is 283 g/mol. The number of para-hydroxylation sites is 2. The number of hydrogen-bond donors (Lipinski definition) is 3. The second-order valence-electron chi connectivity index (χ2n) is 4.67. The van der Waals surface area contributed by atoms with Crippen LogP contribution in [-0.4, -0.2) is 28.2 Å². The molecule has 0 saturated heterocycles. The summed E-state index contributed by atoms with van der Waals surface area (Å²) >= 11 is 0. The third-order valence-corrected chi connectivity index (χ3v) is 3.13. The molecule has 0 fully saturated rings. The quantitative estimate of drug-likeness (QED) is 0.675. The van der Waals surface area contributed by atoms with Crippen LogP contribution in [0.25, 0.3) is 10.9 Å². The Bertz CT molecular complexity index is 794. The number of aliphatic hydroxyl groups is 1. The summed E-state index contributed by atoms with van der Waals surface area (Å²) in [4.78, 5) is 8.75. The Balaban J connectivity index is 2.01. The lowest BCUT2D eigenvalue weighted by Crippen LogP contribution is -2.09. The number of aliphatic hydroxyl groups excluding tert-OH is 1. The highest BCUT2D eigenvalue weighted by Gasteiger charge is 2.09. The first-order chi connectivity index (χ1) is 10.8. The molecule has 0 amide bonds. The predicted octanol–water partition coefficient (Wildman–Crippen LogP) is 2.92. The number of benzene rings is 2. The zero-order chi connectivity index (χ0) is 15.4. The van der Waals surface area contributed by atoms with Gasteiger partial charge in [-0.25, -0.2) is 9.37 Å². The molecule has 0 unspecified atom stereocenters. The minimum absolute atomic E-state index is 0.00555. The molecule has 0 aliphatic rings. The van der Waals surface area contributed by atoms with E-state index in [1.807, 2.05) is 24.3 Å². The van der Waals surface area contributed by atoms with Crippen molar-refractivity contribution in [2.24, 2.45) is 0 Å². The Labute approximate surface area is 126 Å². The smallest absolute Gasteiger partial charge is 0.229 e. The van der Waals surface area contributed by atoms with Crippen LogP contribution >= 0.6 is 0 Å². The van der Waals surface area contributed by atoms with Gasteiger partial charge < -0.3 is 15.7 Å². The highest BCUT2D eigenvalue weighted by atomic mass is 19.1. The van der Waals surface area contributed by atoms with Crippen molar-refractivity contribution in [2.45, 2.75) is 0 Å². The number of nitrogens with one attached hydrogen (secondary N) is 2. The molecule has 0 aliphatic carbocycles. The van der Waals surface area contributed by atoms with Crippen molar-refractivity contribution in [3.05, 3.63) is 54.3 Å². The van der Waals surface area contributed by atoms with E-state index >= 15 is 0 Å². The van der Waals surface area contributed by atoms with Gasteiger partial charge in [0.15, 0.2) is 0 Å². The number of nitrogens with zero attached hydrogens (tertiary/aromatic N) is 2. The molecular formula is C16H15FN4O. The minimum Gasteiger partial charge on any atom is -0.395 e. The molecule has 1 aromatic heterocycles. The van der Waals surface area contributed by atoms with Gasteiger partial charge >= 0.3 is 0 Å². The van der Waals surface area contributed by atoms with Crippen molar-refractivity contribution < 1.29 is 9.50 Å². The van der Waals surface area contributed by atoms with Crippen molar-refractivity contribution in [1.82, 2.24) is 9.97 Å². The fraction of sp³-hybridized carbons (Fsp3) is 0.125. The minimum atomic E-state index is -0.371. The van der Waals surface area contributed by atoms with E-state index in [4.69, 9.17) is 5.11 Å². The normalized spacial score (nSPS) is 10.6. The second kappa shape index (κ2) is 6.36. The van der Waals surface area contributed by atoms with Crippen LogP contribution in [0.4, 0.5) is 21.8 Å². The maximum absolute atomic E-state index is 13.7. The molecule has 5 nitrogen and oxygen atoms in total. The lowest BCUT2D eigenvalue weighted by Gasteiger charge is -2.11. The summed E-state index contributed by atoms with van der Waals surface area (Å²) in [5.41, 5.74) is 1.04. The van der Waals surface area contributed by atoms with Crippen molar-refractivity contribution in [2.75, 3.05) is 23.8 Å². The molecule has 3 aromatic rings. The summed E-state index contributed by atoms with van der Waals surface area (Å²) in [7, 11) is 0. The average Bonchev–Trinajstić information content (AvgIpc) is 2.55. The van der Waals surface area contributed by atoms with Crippen LogP contribution in [0.15, 0.2) is 48.5 Å². The van der Waals surface area contributed by atoms with Crippen molar-refractivity contribution in [3.8, 4) is 0 Å². The largest absolute Gasteiger partial charge is 0.395 e. The van der Waals surface area contributed by atoms with E-state index < -0.39 is 0 Å². The Morgan fingerprint density at radius 1 is 1.00 bits per heavy atom. The maximum atomic E-state index is 13.7. The van der Waals surface area contributed by atoms with Gasteiger partial charge in [-0.15, -0.1) is 0 Å². The third-order valence-electron chi connectivity index (χ3n) is 3.13. The molecule has 0 aliphatic heterocycles. The third kappa shape index (κ3) is 2.96. The van der Waals surface area contributed by atoms with Gasteiger partial charge in [0.05, 0.1) is 17.8 Å². The Morgan fingerprint density at radius 2 is 1.77 bits per heavy atom. The number of fused-ring (bicyclic) bond motifs is 1. The molecule has 6 heteroatoms. The Morgan fingerprint density at radius 3 is 2.59 bits per heavy atom. The number of anilines is 3. The van der Waals surface area contributed by atoms with E-state index in [1.165, 1.54) is 6.07 Å².